The predicted octanol–water partition coefficient (Wildman–Crippen LogP) is 3.94. The second kappa shape index (κ2) is 13.3. The Bertz CT molecular complexity index is 955. The summed E-state index contributed by atoms with van der Waals surface area (Å²) in [5, 5.41) is 10.2. The molecule has 1 aromatic carbocycles. The molecule has 1 N–H and O–H groups in total. The molecule has 176 valence electrons. The summed E-state index contributed by atoms with van der Waals surface area (Å²) in [5.41, 5.74) is 2.28. The number of halogens is 1. The van der Waals surface area contributed by atoms with Gasteiger partial charge < -0.3 is 14.6 Å². The number of carbonyl (C=O) groups excluding carboxylic acids is 3. The number of esters is 2. The minimum absolute atomic E-state index is 0.0856. The van der Waals surface area contributed by atoms with Crippen molar-refractivity contribution in [3.63, 3.8) is 0 Å². The minimum Gasteiger partial charge on any atom is -0.469 e. The van der Waals surface area contributed by atoms with Crippen LogP contribution in [0.15, 0.2) is 71.9 Å². The van der Waals surface area contributed by atoms with Gasteiger partial charge in [0, 0.05) is 19.8 Å². The molecule has 0 spiro atoms. The smallest absolute Gasteiger partial charge is 0.305 e. The first kappa shape index (κ1) is 25.9. The first-order valence-corrected chi connectivity index (χ1v) is 10.7. The molecule has 0 unspecified atom stereocenters. The molecular weight excluding hydrogens is 427 g/mol. The number of carbonyl (C=O) groups is 3. The molecule has 1 aliphatic carbocycles. The quantitative estimate of drug-likeness (QED) is 0.401. The number of aliphatic hydroxyl groups excluding tert-OH is 1. The van der Waals surface area contributed by atoms with Crippen LogP contribution in [-0.4, -0.2) is 42.1 Å². The van der Waals surface area contributed by atoms with E-state index >= 15 is 0 Å². The number of ketones is 1. The Morgan fingerprint density at radius 2 is 1.85 bits per heavy atom. The van der Waals surface area contributed by atoms with Gasteiger partial charge in [0.25, 0.3) is 0 Å². The third-order valence-corrected chi connectivity index (χ3v) is 5.07. The predicted molar refractivity (Wildman–Crippen MR) is 122 cm³/mol. The van der Waals surface area contributed by atoms with Crippen LogP contribution >= 0.6 is 0 Å². The van der Waals surface area contributed by atoms with Crippen molar-refractivity contribution in [1.29, 1.82) is 0 Å². The van der Waals surface area contributed by atoms with Crippen LogP contribution in [0.2, 0.25) is 0 Å². The second-order valence-electron chi connectivity index (χ2n) is 7.69. The van der Waals surface area contributed by atoms with E-state index in [0.29, 0.717) is 24.8 Å². The average molecular weight is 457 g/mol. The van der Waals surface area contributed by atoms with Crippen LogP contribution in [0.4, 0.5) is 4.39 Å². The Balaban J connectivity index is 2.00. The van der Waals surface area contributed by atoms with Crippen molar-refractivity contribution in [2.45, 2.75) is 51.2 Å². The number of methoxy groups -OCH3 is 1. The Morgan fingerprint density at radius 1 is 1.15 bits per heavy atom. The van der Waals surface area contributed by atoms with Gasteiger partial charge >= 0.3 is 11.9 Å². The van der Waals surface area contributed by atoms with Crippen molar-refractivity contribution >= 4 is 17.7 Å². The van der Waals surface area contributed by atoms with Crippen molar-refractivity contribution < 1.29 is 33.4 Å². The first-order chi connectivity index (χ1) is 15.8. The summed E-state index contributed by atoms with van der Waals surface area (Å²) in [6, 6.07) is 5.62. The third-order valence-electron chi connectivity index (χ3n) is 5.07. The van der Waals surface area contributed by atoms with Crippen molar-refractivity contribution in [3.8, 4) is 0 Å². The lowest BCUT2D eigenvalue weighted by atomic mass is 9.96. The average Bonchev–Trinajstić information content (AvgIpc) is 3.03. The Labute approximate surface area is 193 Å². The maximum atomic E-state index is 13.0. The number of hydrogen-bond donors (Lipinski definition) is 1. The standard InChI is InChI=1S/C26H29FO6/c1-18(28)33-25(8-5-9-26(31)32-2)21-7-4-3-6-19(16-21)12-15-23(29)24(30)17-20-10-13-22(27)14-11-20/h3-4,6-7,10-15,24-25,30H,5,8-9,16-17H2,1-2H3/b15-12+/t24-,25+/m0/s1. The van der Waals surface area contributed by atoms with Crippen molar-refractivity contribution in [2.75, 3.05) is 7.11 Å². The fourth-order valence-electron chi connectivity index (χ4n) is 3.35. The van der Waals surface area contributed by atoms with Gasteiger partial charge in [-0.2, -0.15) is 0 Å². The lowest BCUT2D eigenvalue weighted by molar-refractivity contribution is -0.145. The van der Waals surface area contributed by atoms with Gasteiger partial charge in [0.1, 0.15) is 18.0 Å². The van der Waals surface area contributed by atoms with E-state index in [4.69, 9.17) is 4.74 Å². The molecular formula is C26H29FO6. The van der Waals surface area contributed by atoms with E-state index in [1.165, 1.54) is 44.4 Å². The first-order valence-electron chi connectivity index (χ1n) is 10.7. The summed E-state index contributed by atoms with van der Waals surface area (Å²) < 4.78 is 23.1. The molecule has 0 saturated carbocycles. The van der Waals surface area contributed by atoms with Crippen LogP contribution < -0.4 is 0 Å². The molecule has 0 heterocycles. The molecule has 0 radical (unpaired) electrons. The summed E-state index contributed by atoms with van der Waals surface area (Å²) in [6.45, 7) is 1.33. The van der Waals surface area contributed by atoms with Crippen LogP contribution in [0.5, 0.6) is 0 Å². The molecule has 0 saturated heterocycles. The van der Waals surface area contributed by atoms with Gasteiger partial charge in [-0.1, -0.05) is 42.5 Å². The van der Waals surface area contributed by atoms with E-state index in [-0.39, 0.29) is 24.6 Å². The number of rotatable bonds is 11. The summed E-state index contributed by atoms with van der Waals surface area (Å²) in [7, 11) is 1.33. The third kappa shape index (κ3) is 9.37. The van der Waals surface area contributed by atoms with Gasteiger partial charge in [0.2, 0.25) is 0 Å². The van der Waals surface area contributed by atoms with E-state index in [9.17, 15) is 23.9 Å². The van der Waals surface area contributed by atoms with Crippen LogP contribution in [-0.2, 0) is 30.3 Å². The summed E-state index contributed by atoms with van der Waals surface area (Å²) >= 11 is 0. The summed E-state index contributed by atoms with van der Waals surface area (Å²) in [5.74, 6) is -1.59. The van der Waals surface area contributed by atoms with Gasteiger partial charge in [-0.05, 0) is 54.2 Å². The highest BCUT2D eigenvalue weighted by Crippen LogP contribution is 2.24. The Hall–Kier alpha value is -3.32. The molecule has 0 aliphatic heterocycles. The molecule has 0 bridgehead atoms. The van der Waals surface area contributed by atoms with E-state index in [1.807, 2.05) is 24.3 Å². The van der Waals surface area contributed by atoms with Crippen LogP contribution in [0, 0.1) is 5.82 Å². The van der Waals surface area contributed by atoms with E-state index in [2.05, 4.69) is 4.74 Å². The monoisotopic (exact) mass is 456 g/mol. The zero-order chi connectivity index (χ0) is 24.2. The maximum absolute atomic E-state index is 13.0. The molecule has 0 amide bonds. The summed E-state index contributed by atoms with van der Waals surface area (Å²) in [4.78, 5) is 35.3. The maximum Gasteiger partial charge on any atom is 0.305 e. The van der Waals surface area contributed by atoms with Gasteiger partial charge in [-0.15, -0.1) is 0 Å². The SMILES string of the molecule is COC(=O)CCC[C@@H](OC(C)=O)C1=CC=CC=C(/C=C/C(=O)[C@@H](O)Cc2ccc(F)cc2)C1. The highest BCUT2D eigenvalue weighted by atomic mass is 19.1. The van der Waals surface area contributed by atoms with Crippen LogP contribution in [0.3, 0.4) is 0 Å². The number of hydrogen-bond acceptors (Lipinski definition) is 6. The van der Waals surface area contributed by atoms with E-state index < -0.39 is 24.0 Å². The molecule has 33 heavy (non-hydrogen) atoms. The lowest BCUT2D eigenvalue weighted by Crippen LogP contribution is -2.21. The van der Waals surface area contributed by atoms with Crippen molar-refractivity contribution in [2.24, 2.45) is 0 Å². The molecule has 7 heteroatoms. The van der Waals surface area contributed by atoms with Gasteiger partial charge in [-0.3, -0.25) is 14.4 Å². The zero-order valence-corrected chi connectivity index (χ0v) is 18.8. The second-order valence-corrected chi connectivity index (χ2v) is 7.69. The van der Waals surface area contributed by atoms with Gasteiger partial charge in [-0.25, -0.2) is 4.39 Å². The van der Waals surface area contributed by atoms with Gasteiger partial charge in [0.05, 0.1) is 7.11 Å². The fourth-order valence-corrected chi connectivity index (χ4v) is 3.35. The largest absolute Gasteiger partial charge is 0.469 e. The molecule has 1 aromatic rings. The molecule has 6 nitrogen and oxygen atoms in total. The Morgan fingerprint density at radius 3 is 2.52 bits per heavy atom. The highest BCUT2D eigenvalue weighted by molar-refractivity contribution is 5.93. The number of benzene rings is 1. The normalized spacial score (nSPS) is 15.3. The topological polar surface area (TPSA) is 89.9 Å². The number of allylic oxidation sites excluding steroid dienone is 6. The van der Waals surface area contributed by atoms with Crippen molar-refractivity contribution in [1.82, 2.24) is 0 Å². The van der Waals surface area contributed by atoms with Gasteiger partial charge in [0.15, 0.2) is 5.78 Å². The Kier molecular flexibility index (Phi) is 10.4. The molecule has 1 aliphatic rings. The molecule has 0 aromatic heterocycles. The highest BCUT2D eigenvalue weighted by Gasteiger charge is 2.20. The molecule has 2 atom stereocenters. The van der Waals surface area contributed by atoms with Crippen LogP contribution in [0.25, 0.3) is 0 Å². The fraction of sp³-hybridized carbons (Fsp3) is 0.346. The number of ether oxygens (including phenoxy) is 2. The minimum atomic E-state index is -1.24. The summed E-state index contributed by atoms with van der Waals surface area (Å²) in [6.07, 6.45) is 10.2. The zero-order valence-electron chi connectivity index (χ0n) is 18.8. The van der Waals surface area contributed by atoms with Crippen LogP contribution in [0.1, 0.15) is 38.2 Å². The van der Waals surface area contributed by atoms with E-state index in [0.717, 1.165) is 11.1 Å². The van der Waals surface area contributed by atoms with Crippen molar-refractivity contribution in [3.05, 3.63) is 83.2 Å². The van der Waals surface area contributed by atoms with E-state index in [1.54, 1.807) is 6.08 Å². The lowest BCUT2D eigenvalue weighted by Gasteiger charge is -2.20. The molecule has 0 fully saturated rings. The molecule has 2 rings (SSSR count). The number of aliphatic hydroxyl groups is 1.